The van der Waals surface area contributed by atoms with Crippen LogP contribution < -0.4 is 5.32 Å². The molecule has 19 heavy (non-hydrogen) atoms. The van der Waals surface area contributed by atoms with E-state index in [2.05, 4.69) is 10.3 Å². The SMILES string of the molecule is CCC(O)CCNC(=O)c1cc2cc(F)ccc2[nH]1. The minimum absolute atomic E-state index is 0.250. The van der Waals surface area contributed by atoms with E-state index in [1.54, 1.807) is 12.1 Å². The van der Waals surface area contributed by atoms with Crippen molar-refractivity contribution in [3.63, 3.8) is 0 Å². The highest BCUT2D eigenvalue weighted by molar-refractivity contribution is 5.97. The highest BCUT2D eigenvalue weighted by Crippen LogP contribution is 2.16. The number of carbonyl (C=O) groups excluding carboxylic acids is 1. The number of amides is 1. The van der Waals surface area contributed by atoms with Crippen LogP contribution in [0.4, 0.5) is 4.39 Å². The van der Waals surface area contributed by atoms with Crippen molar-refractivity contribution in [2.24, 2.45) is 0 Å². The molecular formula is C14H17FN2O2. The van der Waals surface area contributed by atoms with E-state index in [-0.39, 0.29) is 11.7 Å². The monoisotopic (exact) mass is 264 g/mol. The maximum absolute atomic E-state index is 13.0. The van der Waals surface area contributed by atoms with Gasteiger partial charge in [0.15, 0.2) is 0 Å². The lowest BCUT2D eigenvalue weighted by atomic mass is 10.2. The Labute approximate surface area is 110 Å². The minimum Gasteiger partial charge on any atom is -0.393 e. The topological polar surface area (TPSA) is 65.1 Å². The Morgan fingerprint density at radius 2 is 2.26 bits per heavy atom. The van der Waals surface area contributed by atoms with Crippen molar-refractivity contribution >= 4 is 16.8 Å². The Balaban J connectivity index is 2.01. The van der Waals surface area contributed by atoms with Crippen molar-refractivity contribution in [3.8, 4) is 0 Å². The van der Waals surface area contributed by atoms with Gasteiger partial charge >= 0.3 is 0 Å². The lowest BCUT2D eigenvalue weighted by Gasteiger charge is -2.07. The zero-order valence-corrected chi connectivity index (χ0v) is 10.7. The predicted molar refractivity (Wildman–Crippen MR) is 71.5 cm³/mol. The summed E-state index contributed by atoms with van der Waals surface area (Å²) in [6.07, 6.45) is 0.802. The number of aliphatic hydroxyl groups excluding tert-OH is 1. The fourth-order valence-electron chi connectivity index (χ4n) is 1.88. The summed E-state index contributed by atoms with van der Waals surface area (Å²) in [4.78, 5) is 14.8. The lowest BCUT2D eigenvalue weighted by molar-refractivity contribution is 0.0938. The van der Waals surface area contributed by atoms with Gasteiger partial charge in [0.25, 0.3) is 5.91 Å². The van der Waals surface area contributed by atoms with Gasteiger partial charge in [0, 0.05) is 17.4 Å². The number of hydrogen-bond acceptors (Lipinski definition) is 2. The quantitative estimate of drug-likeness (QED) is 0.775. The predicted octanol–water partition coefficient (Wildman–Crippen LogP) is 2.20. The number of aromatic nitrogens is 1. The molecule has 0 aliphatic carbocycles. The fourth-order valence-corrected chi connectivity index (χ4v) is 1.88. The van der Waals surface area contributed by atoms with Crippen molar-refractivity contribution in [2.75, 3.05) is 6.54 Å². The largest absolute Gasteiger partial charge is 0.393 e. The Hall–Kier alpha value is -1.88. The molecular weight excluding hydrogens is 247 g/mol. The number of carbonyl (C=O) groups is 1. The number of halogens is 1. The van der Waals surface area contributed by atoms with E-state index in [9.17, 15) is 14.3 Å². The summed E-state index contributed by atoms with van der Waals surface area (Å²) in [7, 11) is 0. The van der Waals surface area contributed by atoms with Crippen LogP contribution in [0.3, 0.4) is 0 Å². The van der Waals surface area contributed by atoms with Gasteiger partial charge in [0.1, 0.15) is 11.5 Å². The van der Waals surface area contributed by atoms with E-state index in [4.69, 9.17) is 0 Å². The number of nitrogens with one attached hydrogen (secondary N) is 2. The summed E-state index contributed by atoms with van der Waals surface area (Å²) >= 11 is 0. The molecule has 1 amide bonds. The number of H-pyrrole nitrogens is 1. The molecule has 0 aliphatic rings. The van der Waals surface area contributed by atoms with E-state index in [0.717, 1.165) is 5.52 Å². The average Bonchev–Trinajstić information content (AvgIpc) is 2.81. The van der Waals surface area contributed by atoms with Gasteiger partial charge in [0.2, 0.25) is 0 Å². The van der Waals surface area contributed by atoms with Crippen LogP contribution in [0.15, 0.2) is 24.3 Å². The molecule has 1 heterocycles. The molecule has 1 atom stereocenters. The molecule has 0 fully saturated rings. The zero-order chi connectivity index (χ0) is 13.8. The molecule has 0 radical (unpaired) electrons. The summed E-state index contributed by atoms with van der Waals surface area (Å²) < 4.78 is 13.0. The molecule has 2 rings (SSSR count). The first-order valence-electron chi connectivity index (χ1n) is 6.34. The summed E-state index contributed by atoms with van der Waals surface area (Å²) in [6, 6.07) is 5.94. The van der Waals surface area contributed by atoms with Crippen molar-refractivity contribution in [1.29, 1.82) is 0 Å². The molecule has 3 N–H and O–H groups in total. The van der Waals surface area contributed by atoms with E-state index in [1.165, 1.54) is 12.1 Å². The van der Waals surface area contributed by atoms with E-state index in [0.29, 0.717) is 30.5 Å². The lowest BCUT2D eigenvalue weighted by Crippen LogP contribution is -2.27. The van der Waals surface area contributed by atoms with Crippen LogP contribution in [0.1, 0.15) is 30.3 Å². The van der Waals surface area contributed by atoms with Crippen molar-refractivity contribution in [2.45, 2.75) is 25.9 Å². The van der Waals surface area contributed by atoms with Crippen LogP contribution in [-0.4, -0.2) is 28.6 Å². The zero-order valence-electron chi connectivity index (χ0n) is 10.7. The number of rotatable bonds is 5. The standard InChI is InChI=1S/C14H17FN2O2/c1-2-11(18)5-6-16-14(19)13-8-9-7-10(15)3-4-12(9)17-13/h3-4,7-8,11,17-18H,2,5-6H2,1H3,(H,16,19). The van der Waals surface area contributed by atoms with Gasteiger partial charge in [-0.25, -0.2) is 4.39 Å². The second kappa shape index (κ2) is 5.84. The van der Waals surface area contributed by atoms with Crippen molar-refractivity contribution < 1.29 is 14.3 Å². The third-order valence-electron chi connectivity index (χ3n) is 3.06. The third-order valence-corrected chi connectivity index (χ3v) is 3.06. The number of benzene rings is 1. The molecule has 0 saturated heterocycles. The number of aliphatic hydroxyl groups is 1. The molecule has 4 nitrogen and oxygen atoms in total. The second-order valence-electron chi connectivity index (χ2n) is 4.52. The Bertz CT molecular complexity index is 580. The molecule has 0 bridgehead atoms. The first-order valence-corrected chi connectivity index (χ1v) is 6.34. The van der Waals surface area contributed by atoms with Crippen LogP contribution in [0, 0.1) is 5.82 Å². The Morgan fingerprint density at radius 1 is 1.47 bits per heavy atom. The molecule has 0 spiro atoms. The second-order valence-corrected chi connectivity index (χ2v) is 4.52. The molecule has 1 aromatic heterocycles. The van der Waals surface area contributed by atoms with E-state index in [1.807, 2.05) is 6.92 Å². The Kier molecular flexibility index (Phi) is 4.16. The van der Waals surface area contributed by atoms with Gasteiger partial charge in [-0.2, -0.15) is 0 Å². The van der Waals surface area contributed by atoms with Crippen LogP contribution in [0.2, 0.25) is 0 Å². The molecule has 2 aromatic rings. The van der Waals surface area contributed by atoms with E-state index < -0.39 is 6.10 Å². The Morgan fingerprint density at radius 3 is 3.00 bits per heavy atom. The first-order chi connectivity index (χ1) is 9.10. The maximum Gasteiger partial charge on any atom is 0.267 e. The summed E-state index contributed by atoms with van der Waals surface area (Å²) in [5, 5.41) is 12.8. The van der Waals surface area contributed by atoms with Crippen LogP contribution in [-0.2, 0) is 0 Å². The van der Waals surface area contributed by atoms with Crippen molar-refractivity contribution in [3.05, 3.63) is 35.8 Å². The molecule has 5 heteroatoms. The normalized spacial score (nSPS) is 12.6. The number of fused-ring (bicyclic) bond motifs is 1. The first kappa shape index (κ1) is 13.5. The highest BCUT2D eigenvalue weighted by atomic mass is 19.1. The summed E-state index contributed by atoms with van der Waals surface area (Å²) in [5.74, 6) is -0.579. The van der Waals surface area contributed by atoms with Gasteiger partial charge in [-0.15, -0.1) is 0 Å². The molecule has 1 unspecified atom stereocenters. The third kappa shape index (κ3) is 3.32. The van der Waals surface area contributed by atoms with E-state index >= 15 is 0 Å². The molecule has 0 aliphatic heterocycles. The minimum atomic E-state index is -0.392. The molecule has 0 saturated carbocycles. The summed E-state index contributed by atoms with van der Waals surface area (Å²) in [5.41, 5.74) is 1.12. The van der Waals surface area contributed by atoms with Crippen LogP contribution in [0.5, 0.6) is 0 Å². The smallest absolute Gasteiger partial charge is 0.267 e. The molecule has 1 aromatic carbocycles. The summed E-state index contributed by atoms with van der Waals surface area (Å²) in [6.45, 7) is 2.30. The highest BCUT2D eigenvalue weighted by Gasteiger charge is 2.10. The average molecular weight is 264 g/mol. The van der Waals surface area contributed by atoms with Gasteiger partial charge in [-0.1, -0.05) is 6.92 Å². The number of aromatic amines is 1. The van der Waals surface area contributed by atoms with Gasteiger partial charge in [0.05, 0.1) is 6.10 Å². The number of hydrogen-bond donors (Lipinski definition) is 3. The maximum atomic E-state index is 13.0. The van der Waals surface area contributed by atoms with Crippen LogP contribution in [0.25, 0.3) is 10.9 Å². The van der Waals surface area contributed by atoms with Crippen LogP contribution >= 0.6 is 0 Å². The fraction of sp³-hybridized carbons (Fsp3) is 0.357. The van der Waals surface area contributed by atoms with Gasteiger partial charge in [-0.3, -0.25) is 4.79 Å². The van der Waals surface area contributed by atoms with Crippen molar-refractivity contribution in [1.82, 2.24) is 10.3 Å². The van der Waals surface area contributed by atoms with Gasteiger partial charge < -0.3 is 15.4 Å². The van der Waals surface area contributed by atoms with Gasteiger partial charge in [-0.05, 0) is 37.1 Å². The molecule has 102 valence electrons.